The molecule has 0 saturated heterocycles. The third kappa shape index (κ3) is 14.7. The largest absolute Gasteiger partial charge is 0.455 e. The van der Waals surface area contributed by atoms with Crippen molar-refractivity contribution < 1.29 is 4.42 Å². The maximum atomic E-state index is 6.50. The van der Waals surface area contributed by atoms with Crippen molar-refractivity contribution in [1.29, 1.82) is 0 Å². The fraction of sp³-hybridized carbons (Fsp3) is 0.00758. The Kier molecular flexibility index (Phi) is 20.9. The minimum absolute atomic E-state index is 0. The van der Waals surface area contributed by atoms with Gasteiger partial charge in [-0.1, -0.05) is 371 Å². The topological polar surface area (TPSA) is 102 Å². The highest BCUT2D eigenvalue weighted by Gasteiger charge is 2.26. The van der Waals surface area contributed by atoms with Crippen LogP contribution in [0.25, 0.3) is 260 Å². The first-order chi connectivity index (χ1) is 70.4. The Balaban J connectivity index is 0.000000111. The molecule has 0 N–H and O–H groups in total. The van der Waals surface area contributed by atoms with E-state index < -0.39 is 0 Å². The number of nitrogens with zero attached hydrogens (tertiary/aromatic N) is 10. The van der Waals surface area contributed by atoms with Gasteiger partial charge in [-0.15, -0.1) is 0 Å². The van der Waals surface area contributed by atoms with Gasteiger partial charge in [0.05, 0.1) is 71.8 Å². The predicted octanol–water partition coefficient (Wildman–Crippen LogP) is 34.5. The van der Waals surface area contributed by atoms with E-state index >= 15 is 0 Å². The molecule has 672 valence electrons. The van der Waals surface area contributed by atoms with Crippen LogP contribution in [0.15, 0.2) is 514 Å². The van der Waals surface area contributed by atoms with Gasteiger partial charge in [0, 0.05) is 98.4 Å². The van der Waals surface area contributed by atoms with Gasteiger partial charge in [0.15, 0.2) is 11.6 Å². The molecule has 8 aromatic heterocycles. The number of para-hydroxylation sites is 8. The summed E-state index contributed by atoms with van der Waals surface area (Å²) in [6, 6.07) is 180. The minimum Gasteiger partial charge on any atom is -0.455 e. The summed E-state index contributed by atoms with van der Waals surface area (Å²) in [4.78, 5) is 25.5. The molecule has 0 aliphatic rings. The third-order valence-electron chi connectivity index (χ3n) is 27.9. The fourth-order valence-electron chi connectivity index (χ4n) is 21.4. The molecular weight excluding hydrogens is 1740 g/mol. The predicted molar refractivity (Wildman–Crippen MR) is 595 cm³/mol. The molecule has 11 nitrogen and oxygen atoms in total. The second kappa shape index (κ2) is 35.4. The number of furan rings is 1. The summed E-state index contributed by atoms with van der Waals surface area (Å²) in [5.41, 5.74) is 33.3. The molecule has 0 fully saturated rings. The van der Waals surface area contributed by atoms with E-state index in [0.717, 1.165) is 122 Å². The number of fused-ring (bicyclic) bond motifs is 20. The second-order valence-corrected chi connectivity index (χ2v) is 36.1. The maximum Gasteiger partial charge on any atom is 0.238 e. The Morgan fingerprint density at radius 2 is 0.476 bits per heavy atom. The van der Waals surface area contributed by atoms with E-state index in [1.807, 2.05) is 78.9 Å². The van der Waals surface area contributed by atoms with Crippen LogP contribution < -0.4 is 0 Å². The summed E-state index contributed by atoms with van der Waals surface area (Å²) in [6.45, 7) is 0. The normalized spacial score (nSPS) is 11.6. The van der Waals surface area contributed by atoms with Crippen molar-refractivity contribution in [1.82, 2.24) is 47.8 Å². The molecule has 0 radical (unpaired) electrons. The molecule has 0 unspecified atom stereocenters. The number of rotatable bonds is 13. The lowest BCUT2D eigenvalue weighted by atomic mass is 9.98. The lowest BCUT2D eigenvalue weighted by molar-refractivity contribution is 0.673. The Morgan fingerprint density at radius 3 is 0.951 bits per heavy atom. The zero-order valence-corrected chi connectivity index (χ0v) is 76.9. The summed E-state index contributed by atoms with van der Waals surface area (Å²) >= 11 is 0. The molecule has 11 heteroatoms. The van der Waals surface area contributed by atoms with Crippen LogP contribution in [0.3, 0.4) is 0 Å². The summed E-state index contributed by atoms with van der Waals surface area (Å²) < 4.78 is 18.0. The van der Waals surface area contributed by atoms with Crippen LogP contribution in [-0.4, -0.2) is 47.8 Å². The highest BCUT2D eigenvalue weighted by Crippen LogP contribution is 2.46. The molecule has 0 aliphatic heterocycles. The zero-order chi connectivity index (χ0) is 93.7. The summed E-state index contributed by atoms with van der Waals surface area (Å²) in [6.07, 6.45) is 0. The molecule has 29 rings (SSSR count). The molecule has 0 bridgehead atoms. The summed E-state index contributed by atoms with van der Waals surface area (Å²) in [7, 11) is 0. The second-order valence-electron chi connectivity index (χ2n) is 36.1. The van der Waals surface area contributed by atoms with E-state index in [9.17, 15) is 0 Å². The highest BCUT2D eigenvalue weighted by atomic mass is 16.3. The molecule has 29 aromatic rings. The van der Waals surface area contributed by atoms with Crippen molar-refractivity contribution in [3.8, 4) is 119 Å². The number of benzene rings is 21. The van der Waals surface area contributed by atoms with Crippen molar-refractivity contribution in [3.05, 3.63) is 510 Å². The average molecular weight is 1830 g/mol. The third-order valence-corrected chi connectivity index (χ3v) is 27.9. The first-order valence-electron chi connectivity index (χ1n) is 48.1. The van der Waals surface area contributed by atoms with Gasteiger partial charge in [-0.25, -0.2) is 15.0 Å². The maximum absolute atomic E-state index is 6.50. The van der Waals surface area contributed by atoms with Gasteiger partial charge in [-0.05, 0) is 201 Å². The smallest absolute Gasteiger partial charge is 0.238 e. The van der Waals surface area contributed by atoms with Crippen LogP contribution in [0.5, 0.6) is 0 Å². The standard InChI is InChI=1S/C50H32N4.C45H29N5.C36H23NO.CH4/c1-3-14-33(15-4-1)35-18-13-19-38(30-35)53-45-24-11-8-20-39(45)42-31-36(26-28-47(42)53)37-27-29-48-43(32-37)40-21-9-12-25-46(40)54(48)50-51-44-23-10-7-22-41(44)49(52-50)34-16-5-2-6-17-34;1-4-14-30(15-5-1)43-46-44(31-16-6-2-7-17-31)48-45(47-43)50-40-23-13-11-21-36(40)38-29-33(25-27-42(38)50)32-24-26-41-37(28-32)35-20-10-12-22-39(35)49(41)34-18-8-3-9-19-34;1-3-11-24(12-4-1)26-21-27(25-13-5-2-6-14-25)23-28(22-26)37-32-17-9-7-16-31(32)35-33(37)20-19-30-29-15-8-10-18-34(29)38-36(30)35;/h1-32H;1-29H;1-23H;1H4. The molecule has 143 heavy (non-hydrogen) atoms. The van der Waals surface area contributed by atoms with Crippen molar-refractivity contribution in [2.75, 3.05) is 0 Å². The molecule has 21 aromatic carbocycles. The van der Waals surface area contributed by atoms with Crippen LogP contribution in [0, 0.1) is 0 Å². The van der Waals surface area contributed by atoms with Crippen molar-refractivity contribution in [2.24, 2.45) is 0 Å². The van der Waals surface area contributed by atoms with Gasteiger partial charge in [0.1, 0.15) is 11.2 Å². The SMILES string of the molecule is C.c1ccc(-c2cc(-c3ccccc3)cc(-n3c4ccccc4c4c5oc6ccccc6c5ccc43)c2)cc1.c1ccc(-c2cccc(-n3c4ccccc4c4cc(-c5ccc6c(c5)c5ccccc5n6-c5nc(-c6ccccc6)c6ccccc6n5)ccc43)c2)cc1.c1ccc(-c2nc(-c3ccccc3)nc(-n3c4ccccc4c4cc(-c5ccc6c(c5)c5ccccc5n6-c5ccccc5)ccc43)n2)cc1. The van der Waals surface area contributed by atoms with Gasteiger partial charge < -0.3 is 18.1 Å². The lowest BCUT2D eigenvalue weighted by Crippen LogP contribution is -2.06. The van der Waals surface area contributed by atoms with E-state index in [1.165, 1.54) is 115 Å². The van der Waals surface area contributed by atoms with Crippen molar-refractivity contribution >= 4 is 142 Å². The van der Waals surface area contributed by atoms with Crippen LogP contribution in [0.1, 0.15) is 7.43 Å². The minimum atomic E-state index is 0. The molecule has 0 amide bonds. The summed E-state index contributed by atoms with van der Waals surface area (Å²) in [5, 5.41) is 15.3. The van der Waals surface area contributed by atoms with Crippen LogP contribution in [-0.2, 0) is 0 Å². The van der Waals surface area contributed by atoms with Gasteiger partial charge in [-0.2, -0.15) is 9.97 Å². The molecule has 0 atom stereocenters. The summed E-state index contributed by atoms with van der Waals surface area (Å²) in [5.74, 6) is 2.53. The lowest BCUT2D eigenvalue weighted by Gasteiger charge is -2.14. The van der Waals surface area contributed by atoms with Crippen molar-refractivity contribution in [2.45, 2.75) is 7.43 Å². The number of hydrogen-bond donors (Lipinski definition) is 0. The first-order valence-corrected chi connectivity index (χ1v) is 48.1. The quantitative estimate of drug-likeness (QED) is 0.114. The van der Waals surface area contributed by atoms with Gasteiger partial charge in [0.25, 0.3) is 0 Å². The Labute approximate surface area is 824 Å². The number of hydrogen-bond acceptors (Lipinski definition) is 6. The van der Waals surface area contributed by atoms with Gasteiger partial charge in [0.2, 0.25) is 11.9 Å². The fourth-order valence-corrected chi connectivity index (χ4v) is 21.4. The van der Waals surface area contributed by atoms with E-state index in [-0.39, 0.29) is 7.43 Å². The zero-order valence-electron chi connectivity index (χ0n) is 76.9. The highest BCUT2D eigenvalue weighted by molar-refractivity contribution is 6.24. The van der Waals surface area contributed by atoms with E-state index in [2.05, 4.69) is 454 Å². The first kappa shape index (κ1) is 84.3. The van der Waals surface area contributed by atoms with Crippen LogP contribution in [0.4, 0.5) is 0 Å². The van der Waals surface area contributed by atoms with Crippen LogP contribution >= 0.6 is 0 Å². The monoisotopic (exact) mass is 1830 g/mol. The molecule has 0 aliphatic carbocycles. The van der Waals surface area contributed by atoms with Gasteiger partial charge >= 0.3 is 0 Å². The Morgan fingerprint density at radius 1 is 0.161 bits per heavy atom. The van der Waals surface area contributed by atoms with Crippen molar-refractivity contribution in [3.63, 3.8) is 0 Å². The van der Waals surface area contributed by atoms with E-state index in [1.54, 1.807) is 0 Å². The van der Waals surface area contributed by atoms with E-state index in [0.29, 0.717) is 23.5 Å². The van der Waals surface area contributed by atoms with Crippen LogP contribution in [0.2, 0.25) is 0 Å². The number of aromatic nitrogens is 10. The van der Waals surface area contributed by atoms with E-state index in [4.69, 9.17) is 29.3 Å². The Hall–Kier alpha value is -19.2. The average Bonchev–Trinajstić information content (AvgIpc) is 1.58. The molecule has 8 heterocycles. The van der Waals surface area contributed by atoms with Gasteiger partial charge in [-0.3, -0.25) is 9.13 Å². The molecule has 0 spiro atoms. The molecular formula is C132H88N10O. The molecule has 0 saturated carbocycles. The Bertz CT molecular complexity index is 9860.